The highest BCUT2D eigenvalue weighted by Gasteiger charge is 2.17. The van der Waals surface area contributed by atoms with Crippen LogP contribution in [0.3, 0.4) is 0 Å². The van der Waals surface area contributed by atoms with Crippen LogP contribution in [0.5, 0.6) is 0 Å². The highest BCUT2D eigenvalue weighted by molar-refractivity contribution is 5.15. The molecule has 1 saturated heterocycles. The fourth-order valence-electron chi connectivity index (χ4n) is 1.85. The molecule has 1 aromatic heterocycles. The van der Waals surface area contributed by atoms with Gasteiger partial charge >= 0.3 is 0 Å². The zero-order valence-corrected chi connectivity index (χ0v) is 8.57. The highest BCUT2D eigenvalue weighted by atomic mass is 16.5. The van der Waals surface area contributed by atoms with Gasteiger partial charge in [0.05, 0.1) is 18.8 Å². The summed E-state index contributed by atoms with van der Waals surface area (Å²) in [6.07, 6.45) is 4.52. The van der Waals surface area contributed by atoms with Crippen molar-refractivity contribution in [3.8, 4) is 0 Å². The van der Waals surface area contributed by atoms with E-state index in [0.717, 1.165) is 25.1 Å². The first-order valence-electron chi connectivity index (χ1n) is 5.14. The van der Waals surface area contributed by atoms with Crippen LogP contribution in [0.25, 0.3) is 0 Å². The van der Waals surface area contributed by atoms with Gasteiger partial charge in [0.25, 0.3) is 0 Å². The lowest BCUT2D eigenvalue weighted by molar-refractivity contribution is 0.0934. The van der Waals surface area contributed by atoms with E-state index in [1.165, 1.54) is 12.1 Å². The monoisotopic (exact) mass is 195 g/mol. The second-order valence-electron chi connectivity index (χ2n) is 3.78. The molecule has 1 aromatic rings. The van der Waals surface area contributed by atoms with Gasteiger partial charge in [0.15, 0.2) is 0 Å². The van der Waals surface area contributed by atoms with Crippen molar-refractivity contribution in [1.82, 2.24) is 9.78 Å². The van der Waals surface area contributed by atoms with Crippen LogP contribution >= 0.6 is 0 Å². The zero-order valence-electron chi connectivity index (χ0n) is 8.57. The molecule has 1 aliphatic rings. The highest BCUT2D eigenvalue weighted by Crippen LogP contribution is 2.15. The summed E-state index contributed by atoms with van der Waals surface area (Å²) in [7, 11) is 0. The van der Waals surface area contributed by atoms with Crippen molar-refractivity contribution in [2.24, 2.45) is 5.73 Å². The van der Waals surface area contributed by atoms with E-state index in [0.29, 0.717) is 12.6 Å². The summed E-state index contributed by atoms with van der Waals surface area (Å²) in [6, 6.07) is 0. The third kappa shape index (κ3) is 1.81. The Morgan fingerprint density at radius 1 is 1.71 bits per heavy atom. The lowest BCUT2D eigenvalue weighted by Crippen LogP contribution is -2.17. The van der Waals surface area contributed by atoms with E-state index < -0.39 is 0 Å². The topological polar surface area (TPSA) is 53.1 Å². The molecular formula is C10H17N3O. The maximum atomic E-state index is 5.59. The number of nitrogens with zero attached hydrogens (tertiary/aromatic N) is 2. The van der Waals surface area contributed by atoms with Gasteiger partial charge < -0.3 is 10.5 Å². The van der Waals surface area contributed by atoms with Gasteiger partial charge in [0.2, 0.25) is 0 Å². The molecular weight excluding hydrogens is 178 g/mol. The maximum Gasteiger partial charge on any atom is 0.0771 e. The van der Waals surface area contributed by atoms with Crippen LogP contribution in [-0.2, 0) is 17.8 Å². The molecule has 0 saturated carbocycles. The Bertz CT molecular complexity index is 302. The van der Waals surface area contributed by atoms with Crippen LogP contribution in [-0.4, -0.2) is 22.5 Å². The summed E-state index contributed by atoms with van der Waals surface area (Å²) >= 11 is 0. The van der Waals surface area contributed by atoms with Gasteiger partial charge in [-0.2, -0.15) is 5.10 Å². The molecule has 2 N–H and O–H groups in total. The Kier molecular flexibility index (Phi) is 2.84. The van der Waals surface area contributed by atoms with Crippen molar-refractivity contribution in [1.29, 1.82) is 0 Å². The van der Waals surface area contributed by atoms with Crippen LogP contribution in [0, 0.1) is 6.92 Å². The second kappa shape index (κ2) is 4.11. The smallest absolute Gasteiger partial charge is 0.0771 e. The molecule has 78 valence electrons. The van der Waals surface area contributed by atoms with Gasteiger partial charge in [-0.3, -0.25) is 4.68 Å². The Balaban J connectivity index is 2.04. The standard InChI is InChI=1S/C10H17N3O/c1-8-9(5-11)6-12-13(8)7-10-3-2-4-14-10/h6,10H,2-5,7,11H2,1H3. The molecule has 1 aliphatic heterocycles. The van der Waals surface area contributed by atoms with Crippen molar-refractivity contribution in [2.75, 3.05) is 6.61 Å². The van der Waals surface area contributed by atoms with Gasteiger partial charge in [-0.25, -0.2) is 0 Å². The summed E-state index contributed by atoms with van der Waals surface area (Å²) in [6.45, 7) is 4.39. The van der Waals surface area contributed by atoms with E-state index in [4.69, 9.17) is 10.5 Å². The molecule has 0 aliphatic carbocycles. The molecule has 14 heavy (non-hydrogen) atoms. The van der Waals surface area contributed by atoms with Gasteiger partial charge in [0.1, 0.15) is 0 Å². The van der Waals surface area contributed by atoms with Crippen molar-refractivity contribution >= 4 is 0 Å². The Morgan fingerprint density at radius 2 is 2.57 bits per heavy atom. The summed E-state index contributed by atoms with van der Waals surface area (Å²) in [5.41, 5.74) is 7.88. The second-order valence-corrected chi connectivity index (χ2v) is 3.78. The number of ether oxygens (including phenoxy) is 1. The van der Waals surface area contributed by atoms with E-state index in [1.807, 2.05) is 10.9 Å². The molecule has 4 heteroatoms. The molecule has 0 radical (unpaired) electrons. The summed E-state index contributed by atoms with van der Waals surface area (Å²) < 4.78 is 7.56. The number of rotatable bonds is 3. The van der Waals surface area contributed by atoms with Gasteiger partial charge in [-0.1, -0.05) is 0 Å². The van der Waals surface area contributed by atoms with Crippen LogP contribution in [0.4, 0.5) is 0 Å². The predicted octanol–water partition coefficient (Wildman–Crippen LogP) is 0.829. The van der Waals surface area contributed by atoms with E-state index in [2.05, 4.69) is 12.0 Å². The predicted molar refractivity (Wildman–Crippen MR) is 53.8 cm³/mol. The van der Waals surface area contributed by atoms with Gasteiger partial charge in [-0.15, -0.1) is 0 Å². The minimum absolute atomic E-state index is 0.347. The third-order valence-electron chi connectivity index (χ3n) is 2.83. The summed E-state index contributed by atoms with van der Waals surface area (Å²) in [5.74, 6) is 0. The SMILES string of the molecule is Cc1c(CN)cnn1CC1CCCO1. The van der Waals surface area contributed by atoms with Crippen molar-refractivity contribution < 1.29 is 4.74 Å². The normalized spacial score (nSPS) is 21.7. The number of aromatic nitrogens is 2. The number of hydrogen-bond donors (Lipinski definition) is 1. The zero-order chi connectivity index (χ0) is 9.97. The Labute approximate surface area is 84.0 Å². The number of hydrogen-bond acceptors (Lipinski definition) is 3. The lowest BCUT2D eigenvalue weighted by Gasteiger charge is -2.10. The van der Waals surface area contributed by atoms with Crippen molar-refractivity contribution in [2.45, 2.75) is 39.0 Å². The van der Waals surface area contributed by atoms with Crippen LogP contribution in [0.1, 0.15) is 24.1 Å². The fraction of sp³-hybridized carbons (Fsp3) is 0.700. The molecule has 1 unspecified atom stereocenters. The molecule has 0 spiro atoms. The molecule has 0 amide bonds. The van der Waals surface area contributed by atoms with E-state index in [1.54, 1.807) is 0 Å². The van der Waals surface area contributed by atoms with E-state index in [9.17, 15) is 0 Å². The Hall–Kier alpha value is -0.870. The first-order chi connectivity index (χ1) is 6.81. The summed E-state index contributed by atoms with van der Waals surface area (Å²) in [4.78, 5) is 0. The molecule has 0 bridgehead atoms. The quantitative estimate of drug-likeness (QED) is 0.777. The molecule has 1 fully saturated rings. The van der Waals surface area contributed by atoms with E-state index >= 15 is 0 Å². The molecule has 1 atom stereocenters. The average molecular weight is 195 g/mol. The minimum atomic E-state index is 0.347. The van der Waals surface area contributed by atoms with E-state index in [-0.39, 0.29) is 0 Å². The van der Waals surface area contributed by atoms with Crippen LogP contribution < -0.4 is 5.73 Å². The lowest BCUT2D eigenvalue weighted by atomic mass is 10.2. The van der Waals surface area contributed by atoms with Crippen molar-refractivity contribution in [3.63, 3.8) is 0 Å². The summed E-state index contributed by atoms with van der Waals surface area (Å²) in [5, 5.41) is 4.31. The largest absolute Gasteiger partial charge is 0.376 e. The van der Waals surface area contributed by atoms with Gasteiger partial charge in [0, 0.05) is 24.4 Å². The minimum Gasteiger partial charge on any atom is -0.376 e. The maximum absolute atomic E-state index is 5.59. The van der Waals surface area contributed by atoms with Gasteiger partial charge in [-0.05, 0) is 19.8 Å². The number of nitrogens with two attached hydrogens (primary N) is 1. The molecule has 2 heterocycles. The van der Waals surface area contributed by atoms with Crippen molar-refractivity contribution in [3.05, 3.63) is 17.5 Å². The van der Waals surface area contributed by atoms with Crippen LogP contribution in [0.15, 0.2) is 6.20 Å². The third-order valence-corrected chi connectivity index (χ3v) is 2.83. The fourth-order valence-corrected chi connectivity index (χ4v) is 1.85. The average Bonchev–Trinajstić information content (AvgIpc) is 2.79. The molecule has 2 rings (SSSR count). The first kappa shape index (κ1) is 9.68. The first-order valence-corrected chi connectivity index (χ1v) is 5.14. The Morgan fingerprint density at radius 3 is 3.14 bits per heavy atom. The van der Waals surface area contributed by atoms with Crippen LogP contribution in [0.2, 0.25) is 0 Å². The molecule has 4 nitrogen and oxygen atoms in total. The molecule has 0 aromatic carbocycles.